The van der Waals surface area contributed by atoms with E-state index in [9.17, 15) is 9.59 Å². The van der Waals surface area contributed by atoms with Gasteiger partial charge in [0.2, 0.25) is 0 Å². The molecule has 0 aromatic heterocycles. The van der Waals surface area contributed by atoms with E-state index in [0.29, 0.717) is 6.42 Å². The summed E-state index contributed by atoms with van der Waals surface area (Å²) in [4.78, 5) is 20.5. The first-order valence-electron chi connectivity index (χ1n) is 4.39. The third-order valence-corrected chi connectivity index (χ3v) is 1.85. The van der Waals surface area contributed by atoms with Gasteiger partial charge in [-0.2, -0.15) is 0 Å². The van der Waals surface area contributed by atoms with Crippen LogP contribution in [0, 0.1) is 5.92 Å². The number of rotatable bonds is 5. The highest BCUT2D eigenvalue weighted by Crippen LogP contribution is 2.04. The number of hydrogen-bond acceptors (Lipinski definition) is 2. The normalized spacial score (nSPS) is 12.2. The monoisotopic (exact) mass is 204 g/mol. The predicted molar refractivity (Wildman–Crippen MR) is 50.4 cm³/mol. The van der Waals surface area contributed by atoms with E-state index in [1.165, 1.54) is 0 Å². The maximum atomic E-state index is 10.4. The molecule has 0 aromatic carbocycles. The van der Waals surface area contributed by atoms with Gasteiger partial charge in [-0.15, -0.1) is 0 Å². The molecule has 2 amide bonds. The van der Waals surface area contributed by atoms with Gasteiger partial charge in [-0.25, -0.2) is 9.59 Å². The largest absolute Gasteiger partial charge is 0.465 e. The van der Waals surface area contributed by atoms with E-state index < -0.39 is 12.2 Å². The van der Waals surface area contributed by atoms with Crippen LogP contribution in [0.1, 0.15) is 20.3 Å². The lowest BCUT2D eigenvalue weighted by atomic mass is 10.0. The van der Waals surface area contributed by atoms with Crippen molar-refractivity contribution in [2.24, 2.45) is 5.92 Å². The van der Waals surface area contributed by atoms with Gasteiger partial charge in [0.1, 0.15) is 0 Å². The Kier molecular flexibility index (Phi) is 5.43. The average Bonchev–Trinajstić information content (AvgIpc) is 2.00. The molecule has 0 rings (SSSR count). The van der Waals surface area contributed by atoms with Crippen LogP contribution in [0.2, 0.25) is 0 Å². The van der Waals surface area contributed by atoms with Gasteiger partial charge in [-0.1, -0.05) is 13.8 Å². The molecule has 0 spiro atoms. The van der Waals surface area contributed by atoms with Crippen molar-refractivity contribution >= 4 is 12.2 Å². The van der Waals surface area contributed by atoms with Crippen molar-refractivity contribution in [3.63, 3.8) is 0 Å². The van der Waals surface area contributed by atoms with Gasteiger partial charge in [0.15, 0.2) is 0 Å². The summed E-state index contributed by atoms with van der Waals surface area (Å²) in [5, 5.41) is 21.3. The van der Waals surface area contributed by atoms with E-state index in [-0.39, 0.29) is 18.5 Å². The lowest BCUT2D eigenvalue weighted by Crippen LogP contribution is -2.40. The molecule has 0 aliphatic rings. The maximum absolute atomic E-state index is 10.4. The van der Waals surface area contributed by atoms with Crippen molar-refractivity contribution in [2.45, 2.75) is 26.3 Å². The summed E-state index contributed by atoms with van der Waals surface area (Å²) in [7, 11) is 0. The summed E-state index contributed by atoms with van der Waals surface area (Å²) in [6.45, 7) is 4.00. The minimum absolute atomic E-state index is 0.140. The zero-order valence-corrected chi connectivity index (χ0v) is 8.28. The van der Waals surface area contributed by atoms with Gasteiger partial charge >= 0.3 is 12.2 Å². The Balaban J connectivity index is 3.85. The van der Waals surface area contributed by atoms with Gasteiger partial charge in [0.05, 0.1) is 0 Å². The number of carbonyl (C=O) groups is 2. The van der Waals surface area contributed by atoms with E-state index in [1.807, 2.05) is 13.8 Å². The molecule has 0 aliphatic carbocycles. The summed E-state index contributed by atoms with van der Waals surface area (Å²) < 4.78 is 0. The standard InChI is InChI=1S/C8H16N2O4/c1-5(2)6(10-8(13)14)3-4-9-7(11)12/h5-6,9-10H,3-4H2,1-2H3,(H,11,12)(H,13,14). The summed E-state index contributed by atoms with van der Waals surface area (Å²) in [6, 6.07) is -0.223. The minimum atomic E-state index is -1.09. The van der Waals surface area contributed by atoms with Crippen molar-refractivity contribution in [2.75, 3.05) is 6.54 Å². The predicted octanol–water partition coefficient (Wildman–Crippen LogP) is 0.936. The summed E-state index contributed by atoms with van der Waals surface area (Å²) >= 11 is 0. The second kappa shape index (κ2) is 6.06. The van der Waals surface area contributed by atoms with Gasteiger partial charge in [0.25, 0.3) is 0 Å². The Labute approximate surface area is 82.3 Å². The maximum Gasteiger partial charge on any atom is 0.404 e. The van der Waals surface area contributed by atoms with Gasteiger partial charge in [-0.05, 0) is 12.3 Å². The second-order valence-electron chi connectivity index (χ2n) is 3.32. The van der Waals surface area contributed by atoms with Crippen molar-refractivity contribution in [1.29, 1.82) is 0 Å². The van der Waals surface area contributed by atoms with Gasteiger partial charge < -0.3 is 20.8 Å². The molecule has 0 saturated heterocycles. The summed E-state index contributed by atoms with van der Waals surface area (Å²) in [6.07, 6.45) is -1.72. The number of carboxylic acid groups (broad SMARTS) is 2. The highest BCUT2D eigenvalue weighted by molar-refractivity contribution is 5.65. The SMILES string of the molecule is CC(C)C(CCNC(=O)O)NC(=O)O. The first-order valence-corrected chi connectivity index (χ1v) is 4.39. The van der Waals surface area contributed by atoms with Crippen molar-refractivity contribution in [3.8, 4) is 0 Å². The highest BCUT2D eigenvalue weighted by atomic mass is 16.4. The van der Waals surface area contributed by atoms with Crippen LogP contribution in [0.15, 0.2) is 0 Å². The number of hydrogen-bond donors (Lipinski definition) is 4. The third-order valence-electron chi connectivity index (χ3n) is 1.85. The molecule has 0 heterocycles. The topological polar surface area (TPSA) is 98.7 Å². The van der Waals surface area contributed by atoms with E-state index in [4.69, 9.17) is 10.2 Å². The Morgan fingerprint density at radius 3 is 2.14 bits per heavy atom. The molecule has 0 radical (unpaired) electrons. The fourth-order valence-electron chi connectivity index (χ4n) is 1.07. The van der Waals surface area contributed by atoms with E-state index >= 15 is 0 Å². The lowest BCUT2D eigenvalue weighted by Gasteiger charge is -2.20. The van der Waals surface area contributed by atoms with Crippen LogP contribution in [-0.2, 0) is 0 Å². The highest BCUT2D eigenvalue weighted by Gasteiger charge is 2.15. The van der Waals surface area contributed by atoms with Gasteiger partial charge in [0, 0.05) is 12.6 Å². The van der Waals surface area contributed by atoms with Crippen LogP contribution in [0.25, 0.3) is 0 Å². The Bertz CT molecular complexity index is 206. The van der Waals surface area contributed by atoms with E-state index in [2.05, 4.69) is 10.6 Å². The molecule has 0 fully saturated rings. The van der Waals surface area contributed by atoms with Crippen LogP contribution in [0.5, 0.6) is 0 Å². The van der Waals surface area contributed by atoms with E-state index in [1.54, 1.807) is 0 Å². The van der Waals surface area contributed by atoms with Crippen LogP contribution < -0.4 is 10.6 Å². The Morgan fingerprint density at radius 1 is 1.21 bits per heavy atom. The molecule has 0 aliphatic heterocycles. The molecule has 1 atom stereocenters. The fourth-order valence-corrected chi connectivity index (χ4v) is 1.07. The molecule has 1 unspecified atom stereocenters. The number of nitrogens with one attached hydrogen (secondary N) is 2. The Morgan fingerprint density at radius 2 is 1.79 bits per heavy atom. The first-order chi connectivity index (χ1) is 6.43. The molecule has 0 aromatic rings. The fraction of sp³-hybridized carbons (Fsp3) is 0.750. The smallest absolute Gasteiger partial charge is 0.404 e. The lowest BCUT2D eigenvalue weighted by molar-refractivity contribution is 0.183. The molecule has 6 heteroatoms. The molecule has 14 heavy (non-hydrogen) atoms. The zero-order valence-electron chi connectivity index (χ0n) is 8.28. The van der Waals surface area contributed by atoms with Crippen molar-refractivity contribution < 1.29 is 19.8 Å². The molecular weight excluding hydrogens is 188 g/mol. The van der Waals surface area contributed by atoms with E-state index in [0.717, 1.165) is 0 Å². The third kappa shape index (κ3) is 6.10. The van der Waals surface area contributed by atoms with Crippen LogP contribution in [0.4, 0.5) is 9.59 Å². The summed E-state index contributed by atoms with van der Waals surface area (Å²) in [5.41, 5.74) is 0. The molecule has 82 valence electrons. The zero-order chi connectivity index (χ0) is 11.1. The summed E-state index contributed by atoms with van der Waals surface area (Å²) in [5.74, 6) is 0.140. The minimum Gasteiger partial charge on any atom is -0.465 e. The van der Waals surface area contributed by atoms with Crippen LogP contribution in [-0.4, -0.2) is 35.0 Å². The molecule has 4 N–H and O–H groups in total. The number of amides is 2. The molecular formula is C8H16N2O4. The van der Waals surface area contributed by atoms with Gasteiger partial charge in [-0.3, -0.25) is 0 Å². The van der Waals surface area contributed by atoms with Crippen molar-refractivity contribution in [1.82, 2.24) is 10.6 Å². The Hall–Kier alpha value is -1.46. The molecule has 0 bridgehead atoms. The first kappa shape index (κ1) is 12.5. The quantitative estimate of drug-likeness (QED) is 0.535. The average molecular weight is 204 g/mol. The van der Waals surface area contributed by atoms with Crippen LogP contribution >= 0.6 is 0 Å². The van der Waals surface area contributed by atoms with Crippen LogP contribution in [0.3, 0.4) is 0 Å². The second-order valence-corrected chi connectivity index (χ2v) is 3.32. The molecule has 6 nitrogen and oxygen atoms in total. The van der Waals surface area contributed by atoms with Crippen molar-refractivity contribution in [3.05, 3.63) is 0 Å². The molecule has 0 saturated carbocycles.